The fraction of sp³-hybridized carbons (Fsp3) is 0.0625. The third-order valence-corrected chi connectivity index (χ3v) is 2.94. The van der Waals surface area contributed by atoms with Crippen molar-refractivity contribution in [2.24, 2.45) is 0 Å². The minimum absolute atomic E-state index is 0.154. The number of benzene rings is 2. The number of carbonyl (C=O) groups is 1. The molecule has 1 N–H and O–H groups in total. The molecule has 0 saturated heterocycles. The molecule has 20 heavy (non-hydrogen) atoms. The van der Waals surface area contributed by atoms with Crippen LogP contribution in [-0.4, -0.2) is 11.1 Å². The molecule has 0 aliphatic carbocycles. The normalized spacial score (nSPS) is 10.9. The molecule has 0 radical (unpaired) electrons. The van der Waals surface area contributed by atoms with Gasteiger partial charge in [-0.05, 0) is 24.6 Å². The zero-order valence-electron chi connectivity index (χ0n) is 10.9. The van der Waals surface area contributed by atoms with E-state index >= 15 is 0 Å². The standard InChI is InChI=1S/C16H12N2O2/c1-11-6-8-12(9-7-11)14(16(19)20)10-13-4-2-3-5-15(13)18-17/h2-10H,1H3/p+1/b14-10+. The Morgan fingerprint density at radius 3 is 2.40 bits per heavy atom. The highest BCUT2D eigenvalue weighted by Gasteiger charge is 2.15. The van der Waals surface area contributed by atoms with Crippen molar-refractivity contribution in [2.45, 2.75) is 6.92 Å². The molecule has 0 atom stereocenters. The number of nitrogens with zero attached hydrogens (tertiary/aromatic N) is 2. The van der Waals surface area contributed by atoms with Crippen LogP contribution in [0.5, 0.6) is 0 Å². The van der Waals surface area contributed by atoms with Crippen molar-refractivity contribution in [3.05, 3.63) is 70.2 Å². The maximum absolute atomic E-state index is 11.4. The molecular formula is C16H13N2O2+. The number of carboxylic acid groups (broad SMARTS) is 1. The van der Waals surface area contributed by atoms with E-state index in [0.717, 1.165) is 5.56 Å². The van der Waals surface area contributed by atoms with Gasteiger partial charge in [-0.1, -0.05) is 42.0 Å². The smallest absolute Gasteiger partial charge is 0.392 e. The first kappa shape index (κ1) is 13.5. The summed E-state index contributed by atoms with van der Waals surface area (Å²) in [5, 5.41) is 18.3. The Bertz CT molecular complexity index is 710. The van der Waals surface area contributed by atoms with Crippen molar-refractivity contribution in [3.8, 4) is 0 Å². The van der Waals surface area contributed by atoms with Crippen molar-refractivity contribution >= 4 is 23.3 Å². The largest absolute Gasteiger partial charge is 0.478 e. The first-order valence-electron chi connectivity index (χ1n) is 6.08. The highest BCUT2D eigenvalue weighted by molar-refractivity contribution is 6.21. The highest BCUT2D eigenvalue weighted by Crippen LogP contribution is 2.25. The minimum Gasteiger partial charge on any atom is -0.478 e. The molecule has 2 rings (SSSR count). The van der Waals surface area contributed by atoms with Gasteiger partial charge in [-0.3, -0.25) is 0 Å². The zero-order valence-corrected chi connectivity index (χ0v) is 10.9. The van der Waals surface area contributed by atoms with E-state index < -0.39 is 5.97 Å². The third-order valence-electron chi connectivity index (χ3n) is 2.94. The maximum atomic E-state index is 11.4. The molecule has 0 amide bonds. The lowest BCUT2D eigenvalue weighted by molar-refractivity contribution is -0.130. The number of hydrogen-bond acceptors (Lipinski definition) is 2. The van der Waals surface area contributed by atoms with Gasteiger partial charge < -0.3 is 5.11 Å². The summed E-state index contributed by atoms with van der Waals surface area (Å²) in [7, 11) is 0. The van der Waals surface area contributed by atoms with Crippen LogP contribution in [0.15, 0.2) is 48.5 Å². The molecule has 0 spiro atoms. The van der Waals surface area contributed by atoms with Gasteiger partial charge in [0.05, 0.1) is 11.1 Å². The Morgan fingerprint density at radius 2 is 1.80 bits per heavy atom. The zero-order chi connectivity index (χ0) is 14.5. The number of rotatable bonds is 3. The first-order chi connectivity index (χ1) is 9.61. The summed E-state index contributed by atoms with van der Waals surface area (Å²) in [5.41, 5.74) is 2.70. The molecule has 4 heteroatoms. The van der Waals surface area contributed by atoms with Gasteiger partial charge >= 0.3 is 11.7 Å². The van der Waals surface area contributed by atoms with Gasteiger partial charge in [0.1, 0.15) is 0 Å². The fourth-order valence-corrected chi connectivity index (χ4v) is 1.86. The molecule has 0 heterocycles. The van der Waals surface area contributed by atoms with Crippen LogP contribution >= 0.6 is 0 Å². The third kappa shape index (κ3) is 2.90. The van der Waals surface area contributed by atoms with Crippen LogP contribution < -0.4 is 0 Å². The van der Waals surface area contributed by atoms with E-state index in [4.69, 9.17) is 5.39 Å². The van der Waals surface area contributed by atoms with Gasteiger partial charge in [0.25, 0.3) is 0 Å². The van der Waals surface area contributed by atoms with Gasteiger partial charge in [0.2, 0.25) is 5.39 Å². The fourth-order valence-electron chi connectivity index (χ4n) is 1.86. The average Bonchev–Trinajstić information content (AvgIpc) is 2.46. The second-order valence-electron chi connectivity index (χ2n) is 4.39. The van der Waals surface area contributed by atoms with E-state index in [-0.39, 0.29) is 5.57 Å². The topological polar surface area (TPSA) is 65.5 Å². The number of carboxylic acids is 1. The average molecular weight is 265 g/mol. The predicted molar refractivity (Wildman–Crippen MR) is 77.9 cm³/mol. The summed E-state index contributed by atoms with van der Waals surface area (Å²) in [6, 6.07) is 14.0. The van der Waals surface area contributed by atoms with E-state index in [1.54, 1.807) is 36.4 Å². The van der Waals surface area contributed by atoms with E-state index in [9.17, 15) is 9.90 Å². The van der Waals surface area contributed by atoms with E-state index in [1.165, 1.54) is 6.08 Å². The van der Waals surface area contributed by atoms with Gasteiger partial charge in [-0.2, -0.15) is 0 Å². The van der Waals surface area contributed by atoms with Gasteiger partial charge in [0.15, 0.2) is 4.98 Å². The molecule has 0 saturated carbocycles. The van der Waals surface area contributed by atoms with Crippen molar-refractivity contribution in [3.63, 3.8) is 0 Å². The number of aliphatic carboxylic acids is 1. The van der Waals surface area contributed by atoms with Crippen LogP contribution in [0.4, 0.5) is 5.69 Å². The molecule has 0 aromatic heterocycles. The molecule has 0 unspecified atom stereocenters. The van der Waals surface area contributed by atoms with E-state index in [0.29, 0.717) is 16.8 Å². The maximum Gasteiger partial charge on any atom is 0.392 e. The first-order valence-corrected chi connectivity index (χ1v) is 6.08. The number of hydrogen-bond donors (Lipinski definition) is 1. The van der Waals surface area contributed by atoms with Crippen LogP contribution in [0.25, 0.3) is 16.6 Å². The molecule has 0 fully saturated rings. The number of diazo groups is 1. The Hall–Kier alpha value is -2.93. The Kier molecular flexibility index (Phi) is 3.92. The highest BCUT2D eigenvalue weighted by atomic mass is 16.4. The second kappa shape index (κ2) is 5.81. The van der Waals surface area contributed by atoms with Crippen molar-refractivity contribution < 1.29 is 9.90 Å². The second-order valence-corrected chi connectivity index (χ2v) is 4.39. The van der Waals surface area contributed by atoms with Gasteiger partial charge in [0, 0.05) is 6.07 Å². The van der Waals surface area contributed by atoms with Crippen LogP contribution in [0.3, 0.4) is 0 Å². The van der Waals surface area contributed by atoms with E-state index in [2.05, 4.69) is 4.98 Å². The summed E-state index contributed by atoms with van der Waals surface area (Å²) in [6.45, 7) is 1.94. The van der Waals surface area contributed by atoms with Crippen LogP contribution in [0.1, 0.15) is 16.7 Å². The quantitative estimate of drug-likeness (QED) is 0.516. The monoisotopic (exact) mass is 265 g/mol. The molecule has 0 aliphatic rings. The van der Waals surface area contributed by atoms with Crippen LogP contribution in [0.2, 0.25) is 0 Å². The summed E-state index contributed by atoms with van der Waals surface area (Å²) in [6.07, 6.45) is 1.50. The van der Waals surface area contributed by atoms with Gasteiger partial charge in [-0.15, -0.1) is 0 Å². The van der Waals surface area contributed by atoms with E-state index in [1.807, 2.05) is 19.1 Å². The van der Waals surface area contributed by atoms with Crippen molar-refractivity contribution in [1.29, 1.82) is 5.39 Å². The Balaban J connectivity index is 2.54. The molecule has 0 bridgehead atoms. The lowest BCUT2D eigenvalue weighted by atomic mass is 10.0. The molecule has 2 aromatic carbocycles. The summed E-state index contributed by atoms with van der Waals surface area (Å²) in [4.78, 5) is 14.6. The molecule has 2 aromatic rings. The van der Waals surface area contributed by atoms with Crippen LogP contribution in [-0.2, 0) is 4.79 Å². The summed E-state index contributed by atoms with van der Waals surface area (Å²) >= 11 is 0. The molecule has 98 valence electrons. The minimum atomic E-state index is -1.03. The molecular weight excluding hydrogens is 252 g/mol. The molecule has 4 nitrogen and oxygen atoms in total. The summed E-state index contributed by atoms with van der Waals surface area (Å²) in [5.74, 6) is -1.03. The number of aryl methyl sites for hydroxylation is 1. The van der Waals surface area contributed by atoms with Crippen molar-refractivity contribution in [1.82, 2.24) is 0 Å². The Morgan fingerprint density at radius 1 is 1.15 bits per heavy atom. The summed E-state index contributed by atoms with van der Waals surface area (Å²) < 4.78 is 0. The SMILES string of the molecule is Cc1ccc(/C(=C\c2ccccc2[N+]#N)C(=O)O)cc1. The van der Waals surface area contributed by atoms with Gasteiger partial charge in [-0.25, -0.2) is 4.79 Å². The molecule has 0 aliphatic heterocycles. The van der Waals surface area contributed by atoms with Crippen LogP contribution in [0, 0.1) is 12.3 Å². The van der Waals surface area contributed by atoms with Crippen molar-refractivity contribution in [2.75, 3.05) is 0 Å². The lowest BCUT2D eigenvalue weighted by Gasteiger charge is -2.03. The Labute approximate surface area is 116 Å². The predicted octanol–water partition coefficient (Wildman–Crippen LogP) is 4.10. The lowest BCUT2D eigenvalue weighted by Crippen LogP contribution is -1.99.